The molecule has 0 radical (unpaired) electrons. The SMILES string of the molecule is CC1CC(C)(C)CC2(C1)NC(=O)N(CC(=O)N1CC[C@@H]3CNC[C@@H]3CC1)C2=O. The van der Waals surface area contributed by atoms with E-state index < -0.39 is 11.6 Å². The largest absolute Gasteiger partial charge is 0.341 e. The van der Waals surface area contributed by atoms with Crippen molar-refractivity contribution in [3.05, 3.63) is 0 Å². The number of imide groups is 1. The molecule has 2 unspecified atom stereocenters. The molecule has 4 amide bonds. The predicted octanol–water partition coefficient (Wildman–Crippen LogP) is 1.58. The highest BCUT2D eigenvalue weighted by molar-refractivity contribution is 6.09. The first-order chi connectivity index (χ1) is 13.2. The van der Waals surface area contributed by atoms with Gasteiger partial charge in [-0.1, -0.05) is 20.8 Å². The Morgan fingerprint density at radius 3 is 2.36 bits per heavy atom. The third-order valence-corrected chi connectivity index (χ3v) is 7.29. The second-order valence-corrected chi connectivity index (χ2v) is 10.4. The minimum Gasteiger partial charge on any atom is -0.341 e. The van der Waals surface area contributed by atoms with Crippen LogP contribution in [0, 0.1) is 23.2 Å². The van der Waals surface area contributed by atoms with Crippen LogP contribution < -0.4 is 10.6 Å². The second kappa shape index (κ2) is 7.01. The van der Waals surface area contributed by atoms with Crippen molar-refractivity contribution in [3.63, 3.8) is 0 Å². The van der Waals surface area contributed by atoms with Crippen LogP contribution in [0.3, 0.4) is 0 Å². The summed E-state index contributed by atoms with van der Waals surface area (Å²) < 4.78 is 0. The number of likely N-dealkylation sites (tertiary alicyclic amines) is 1. The Balaban J connectivity index is 1.42. The van der Waals surface area contributed by atoms with Crippen molar-refractivity contribution in [2.75, 3.05) is 32.7 Å². The van der Waals surface area contributed by atoms with Crippen molar-refractivity contribution in [1.29, 1.82) is 0 Å². The van der Waals surface area contributed by atoms with E-state index in [9.17, 15) is 14.4 Å². The van der Waals surface area contributed by atoms with E-state index in [1.165, 1.54) is 4.90 Å². The molecule has 0 bridgehead atoms. The molecule has 0 aromatic rings. The molecule has 3 saturated heterocycles. The number of hydrogen-bond donors (Lipinski definition) is 2. The summed E-state index contributed by atoms with van der Waals surface area (Å²) in [5, 5.41) is 6.41. The Morgan fingerprint density at radius 1 is 1.11 bits per heavy atom. The summed E-state index contributed by atoms with van der Waals surface area (Å²) in [6.07, 6.45) is 4.34. The van der Waals surface area contributed by atoms with Crippen LogP contribution in [0.2, 0.25) is 0 Å². The van der Waals surface area contributed by atoms with Crippen LogP contribution in [0.25, 0.3) is 0 Å². The van der Waals surface area contributed by atoms with Gasteiger partial charge in [0.05, 0.1) is 0 Å². The van der Waals surface area contributed by atoms with Gasteiger partial charge in [0.1, 0.15) is 12.1 Å². The van der Waals surface area contributed by atoms with Gasteiger partial charge < -0.3 is 15.5 Å². The highest BCUT2D eigenvalue weighted by atomic mass is 16.2. The van der Waals surface area contributed by atoms with Crippen molar-refractivity contribution >= 4 is 17.8 Å². The van der Waals surface area contributed by atoms with Gasteiger partial charge >= 0.3 is 6.03 Å². The Morgan fingerprint density at radius 2 is 1.75 bits per heavy atom. The Labute approximate surface area is 167 Å². The zero-order valence-corrected chi connectivity index (χ0v) is 17.4. The molecule has 2 N–H and O–H groups in total. The van der Waals surface area contributed by atoms with Crippen molar-refractivity contribution in [2.45, 2.75) is 58.4 Å². The van der Waals surface area contributed by atoms with E-state index in [-0.39, 0.29) is 23.8 Å². The molecule has 0 aromatic heterocycles. The fourth-order valence-electron chi connectivity index (χ4n) is 6.35. The number of carbonyl (C=O) groups is 3. The van der Waals surface area contributed by atoms with Crippen molar-refractivity contribution in [2.24, 2.45) is 23.2 Å². The molecule has 156 valence electrons. The Hall–Kier alpha value is -1.63. The van der Waals surface area contributed by atoms with E-state index >= 15 is 0 Å². The first kappa shape index (κ1) is 19.7. The molecule has 4 atom stereocenters. The lowest BCUT2D eigenvalue weighted by Gasteiger charge is -2.43. The molecule has 28 heavy (non-hydrogen) atoms. The van der Waals surface area contributed by atoms with Crippen LogP contribution in [0.15, 0.2) is 0 Å². The van der Waals surface area contributed by atoms with Crippen LogP contribution in [-0.4, -0.2) is 65.9 Å². The lowest BCUT2D eigenvalue weighted by molar-refractivity contribution is -0.140. The van der Waals surface area contributed by atoms with Gasteiger partial charge in [-0.3, -0.25) is 14.5 Å². The third-order valence-electron chi connectivity index (χ3n) is 7.29. The molecule has 1 saturated carbocycles. The summed E-state index contributed by atoms with van der Waals surface area (Å²) in [7, 11) is 0. The van der Waals surface area contributed by atoms with E-state index in [0.29, 0.717) is 30.6 Å². The monoisotopic (exact) mass is 390 g/mol. The number of rotatable bonds is 2. The minimum absolute atomic E-state index is 0.00274. The molecule has 4 aliphatic rings. The molecule has 4 fully saturated rings. The second-order valence-electron chi connectivity index (χ2n) is 10.4. The average Bonchev–Trinajstić information content (AvgIpc) is 3.04. The van der Waals surface area contributed by atoms with Gasteiger partial charge in [-0.2, -0.15) is 0 Å². The molecular weight excluding hydrogens is 356 g/mol. The van der Waals surface area contributed by atoms with Crippen molar-refractivity contribution < 1.29 is 14.4 Å². The van der Waals surface area contributed by atoms with Crippen LogP contribution in [0.4, 0.5) is 4.79 Å². The predicted molar refractivity (Wildman–Crippen MR) is 105 cm³/mol. The fraction of sp³-hybridized carbons (Fsp3) is 0.857. The summed E-state index contributed by atoms with van der Waals surface area (Å²) in [6, 6.07) is -0.404. The maximum absolute atomic E-state index is 13.2. The van der Waals surface area contributed by atoms with Gasteiger partial charge in [0.25, 0.3) is 5.91 Å². The summed E-state index contributed by atoms with van der Waals surface area (Å²) >= 11 is 0. The van der Waals surface area contributed by atoms with Crippen LogP contribution in [0.1, 0.15) is 52.9 Å². The van der Waals surface area contributed by atoms with E-state index in [4.69, 9.17) is 0 Å². The van der Waals surface area contributed by atoms with Crippen molar-refractivity contribution in [1.82, 2.24) is 20.4 Å². The smallest absolute Gasteiger partial charge is 0.325 e. The molecule has 7 heteroatoms. The fourth-order valence-corrected chi connectivity index (χ4v) is 6.35. The Kier molecular flexibility index (Phi) is 4.92. The summed E-state index contributed by atoms with van der Waals surface area (Å²) in [4.78, 5) is 41.8. The minimum atomic E-state index is -0.833. The number of urea groups is 1. The molecule has 3 heterocycles. The normalized spacial score (nSPS) is 37.8. The van der Waals surface area contributed by atoms with Gasteiger partial charge in [-0.15, -0.1) is 0 Å². The van der Waals surface area contributed by atoms with Crippen LogP contribution >= 0.6 is 0 Å². The molecular formula is C21H34N4O3. The van der Waals surface area contributed by atoms with Gasteiger partial charge in [-0.25, -0.2) is 4.79 Å². The zero-order chi connectivity index (χ0) is 20.1. The highest BCUT2D eigenvalue weighted by Crippen LogP contribution is 2.46. The molecule has 1 aliphatic carbocycles. The van der Waals surface area contributed by atoms with Gasteiger partial charge in [0.15, 0.2) is 0 Å². The quantitative estimate of drug-likeness (QED) is 0.702. The van der Waals surface area contributed by atoms with Crippen LogP contribution in [-0.2, 0) is 9.59 Å². The van der Waals surface area contributed by atoms with E-state index in [0.717, 1.165) is 45.4 Å². The Bertz CT molecular complexity index is 665. The summed E-state index contributed by atoms with van der Waals surface area (Å²) in [5.74, 6) is 1.34. The van der Waals surface area contributed by atoms with Gasteiger partial charge in [0, 0.05) is 13.1 Å². The average molecular weight is 391 g/mol. The number of nitrogens with one attached hydrogen (secondary N) is 2. The number of amides is 4. The van der Waals surface area contributed by atoms with E-state index in [1.807, 2.05) is 4.90 Å². The topological polar surface area (TPSA) is 81.8 Å². The maximum atomic E-state index is 13.2. The van der Waals surface area contributed by atoms with Crippen LogP contribution in [0.5, 0.6) is 0 Å². The maximum Gasteiger partial charge on any atom is 0.325 e. The third kappa shape index (κ3) is 3.53. The molecule has 4 rings (SSSR count). The molecule has 0 aromatic carbocycles. The lowest BCUT2D eigenvalue weighted by atomic mass is 9.64. The van der Waals surface area contributed by atoms with Crippen molar-refractivity contribution in [3.8, 4) is 0 Å². The van der Waals surface area contributed by atoms with E-state index in [2.05, 4.69) is 31.4 Å². The number of fused-ring (bicyclic) bond motifs is 1. The number of hydrogen-bond acceptors (Lipinski definition) is 4. The summed E-state index contributed by atoms with van der Waals surface area (Å²) in [6.45, 7) is 9.84. The first-order valence-corrected chi connectivity index (χ1v) is 10.8. The lowest BCUT2D eigenvalue weighted by Crippen LogP contribution is -2.54. The number of nitrogens with zero attached hydrogens (tertiary/aromatic N) is 2. The molecule has 3 aliphatic heterocycles. The van der Waals surface area contributed by atoms with E-state index in [1.54, 1.807) is 0 Å². The van der Waals surface area contributed by atoms with Gasteiger partial charge in [-0.05, 0) is 68.4 Å². The van der Waals surface area contributed by atoms with Gasteiger partial charge in [0.2, 0.25) is 5.91 Å². The summed E-state index contributed by atoms with van der Waals surface area (Å²) in [5.41, 5.74) is -0.836. The zero-order valence-electron chi connectivity index (χ0n) is 17.4. The number of carbonyl (C=O) groups excluding carboxylic acids is 3. The highest BCUT2D eigenvalue weighted by Gasteiger charge is 2.56. The standard InChI is InChI=1S/C21H34N4O3/c1-14-8-20(2,3)13-21(9-14)18(27)25(19(28)23-21)12-17(26)24-6-4-15-10-22-11-16(15)5-7-24/h14-16,22H,4-13H2,1-3H3,(H,23,28)/t14?,15-,16+,21?. The molecule has 7 nitrogen and oxygen atoms in total. The molecule has 1 spiro atoms. The first-order valence-electron chi connectivity index (χ1n) is 10.8.